The molecule has 0 bridgehead atoms. The summed E-state index contributed by atoms with van der Waals surface area (Å²) >= 11 is 4.01. The van der Waals surface area contributed by atoms with Crippen LogP contribution < -0.4 is 5.73 Å². The van der Waals surface area contributed by atoms with Crippen LogP contribution in [-0.2, 0) is 0 Å². The molecule has 0 spiro atoms. The Labute approximate surface area is 70.7 Å². The Hall–Kier alpha value is -1.03. The van der Waals surface area contributed by atoms with Crippen molar-refractivity contribution in [1.29, 1.82) is 0 Å². The molecule has 0 saturated carbocycles. The fourth-order valence-corrected chi connectivity index (χ4v) is 0.721. The van der Waals surface area contributed by atoms with Crippen LogP contribution in [0.2, 0.25) is 0 Å². The topological polar surface area (TPSA) is 51.8 Å². The summed E-state index contributed by atoms with van der Waals surface area (Å²) in [6, 6.07) is 3.52. The van der Waals surface area contributed by atoms with Crippen LogP contribution in [0.25, 0.3) is 6.08 Å². The maximum Gasteiger partial charge on any atom is 0.146 e. The van der Waals surface area contributed by atoms with E-state index in [2.05, 4.69) is 22.8 Å². The highest BCUT2D eigenvalue weighted by molar-refractivity contribution is 7.80. The van der Waals surface area contributed by atoms with Crippen molar-refractivity contribution in [2.24, 2.45) is 0 Å². The van der Waals surface area contributed by atoms with E-state index in [4.69, 9.17) is 5.73 Å². The molecular formula is C7H9N3S. The van der Waals surface area contributed by atoms with Gasteiger partial charge in [-0.15, -0.1) is 10.2 Å². The number of nitrogens with zero attached hydrogens (tertiary/aromatic N) is 2. The number of rotatable bonds is 2. The van der Waals surface area contributed by atoms with Gasteiger partial charge < -0.3 is 5.73 Å². The molecule has 0 aliphatic carbocycles. The normalized spacial score (nSPS) is 10.6. The second-order valence-corrected chi connectivity index (χ2v) is 2.33. The van der Waals surface area contributed by atoms with Gasteiger partial charge in [0, 0.05) is 5.75 Å². The van der Waals surface area contributed by atoms with Crippen molar-refractivity contribution in [3.8, 4) is 0 Å². The fourth-order valence-electron chi connectivity index (χ4n) is 0.615. The monoisotopic (exact) mass is 167 g/mol. The van der Waals surface area contributed by atoms with Gasteiger partial charge in [0.25, 0.3) is 0 Å². The van der Waals surface area contributed by atoms with E-state index in [9.17, 15) is 0 Å². The lowest BCUT2D eigenvalue weighted by molar-refractivity contribution is 1.03. The van der Waals surface area contributed by atoms with Crippen LogP contribution >= 0.6 is 12.6 Å². The molecule has 0 fully saturated rings. The highest BCUT2D eigenvalue weighted by atomic mass is 32.1. The van der Waals surface area contributed by atoms with Crippen molar-refractivity contribution in [2.75, 3.05) is 11.5 Å². The first kappa shape index (κ1) is 8.07. The van der Waals surface area contributed by atoms with Crippen LogP contribution in [0.4, 0.5) is 5.82 Å². The fraction of sp³-hybridized carbons (Fsp3) is 0.143. The van der Waals surface area contributed by atoms with Crippen LogP contribution in [0.1, 0.15) is 5.69 Å². The number of hydrogen-bond acceptors (Lipinski definition) is 4. The van der Waals surface area contributed by atoms with Crippen LogP contribution in [0.5, 0.6) is 0 Å². The zero-order valence-corrected chi connectivity index (χ0v) is 6.83. The molecule has 0 aliphatic rings. The highest BCUT2D eigenvalue weighted by Crippen LogP contribution is 1.98. The number of anilines is 1. The predicted octanol–water partition coefficient (Wildman–Crippen LogP) is 1.00. The SMILES string of the molecule is Nc1ccc(C=CCS)nn1. The first-order valence-corrected chi connectivity index (χ1v) is 3.83. The summed E-state index contributed by atoms with van der Waals surface area (Å²) in [5.41, 5.74) is 6.14. The zero-order valence-electron chi connectivity index (χ0n) is 5.94. The Morgan fingerprint density at radius 1 is 1.45 bits per heavy atom. The lowest BCUT2D eigenvalue weighted by atomic mass is 10.3. The molecule has 1 rings (SSSR count). The van der Waals surface area contributed by atoms with Crippen LogP contribution in [-0.4, -0.2) is 16.0 Å². The molecule has 1 heterocycles. The minimum absolute atomic E-state index is 0.438. The number of aromatic nitrogens is 2. The molecule has 58 valence electrons. The van der Waals surface area contributed by atoms with E-state index in [1.165, 1.54) is 0 Å². The molecule has 0 saturated heterocycles. The minimum atomic E-state index is 0.438. The first-order chi connectivity index (χ1) is 5.33. The molecule has 1 aromatic rings. The van der Waals surface area contributed by atoms with E-state index in [-0.39, 0.29) is 0 Å². The van der Waals surface area contributed by atoms with Gasteiger partial charge in [-0.05, 0) is 18.2 Å². The zero-order chi connectivity index (χ0) is 8.10. The molecule has 4 heteroatoms. The van der Waals surface area contributed by atoms with Crippen molar-refractivity contribution >= 4 is 24.5 Å². The maximum atomic E-state index is 5.34. The summed E-state index contributed by atoms with van der Waals surface area (Å²) in [7, 11) is 0. The summed E-state index contributed by atoms with van der Waals surface area (Å²) < 4.78 is 0. The summed E-state index contributed by atoms with van der Waals surface area (Å²) in [5, 5.41) is 7.50. The van der Waals surface area contributed by atoms with Crippen molar-refractivity contribution < 1.29 is 0 Å². The molecule has 0 aromatic carbocycles. The Morgan fingerprint density at radius 3 is 2.82 bits per heavy atom. The van der Waals surface area contributed by atoms with E-state index in [0.29, 0.717) is 11.6 Å². The number of thiol groups is 1. The molecule has 0 atom stereocenters. The first-order valence-electron chi connectivity index (χ1n) is 3.19. The van der Waals surface area contributed by atoms with Gasteiger partial charge >= 0.3 is 0 Å². The molecule has 3 nitrogen and oxygen atoms in total. The Kier molecular flexibility index (Phi) is 2.92. The quantitative estimate of drug-likeness (QED) is 0.646. The van der Waals surface area contributed by atoms with Gasteiger partial charge in [0.05, 0.1) is 5.69 Å². The maximum absolute atomic E-state index is 5.34. The van der Waals surface area contributed by atoms with Crippen molar-refractivity contribution in [3.05, 3.63) is 23.9 Å². The number of hydrogen-bond donors (Lipinski definition) is 2. The summed E-state index contributed by atoms with van der Waals surface area (Å²) in [6.45, 7) is 0. The lowest BCUT2D eigenvalue weighted by Gasteiger charge is -1.90. The molecule has 11 heavy (non-hydrogen) atoms. The average Bonchev–Trinajstić information content (AvgIpc) is 2.04. The van der Waals surface area contributed by atoms with E-state index in [1.807, 2.05) is 18.2 Å². The van der Waals surface area contributed by atoms with Crippen molar-refractivity contribution in [2.45, 2.75) is 0 Å². The molecule has 0 amide bonds. The third-order valence-electron chi connectivity index (χ3n) is 1.10. The van der Waals surface area contributed by atoms with Gasteiger partial charge in [0.15, 0.2) is 0 Å². The third-order valence-corrected chi connectivity index (χ3v) is 1.31. The van der Waals surface area contributed by atoms with Gasteiger partial charge in [-0.1, -0.05) is 6.08 Å². The average molecular weight is 167 g/mol. The van der Waals surface area contributed by atoms with Crippen LogP contribution in [0.15, 0.2) is 18.2 Å². The van der Waals surface area contributed by atoms with E-state index in [0.717, 1.165) is 5.69 Å². The van der Waals surface area contributed by atoms with Crippen LogP contribution in [0.3, 0.4) is 0 Å². The molecule has 0 unspecified atom stereocenters. The predicted molar refractivity (Wildman–Crippen MR) is 49.3 cm³/mol. The Bertz CT molecular complexity index is 242. The number of nitrogens with two attached hydrogens (primary N) is 1. The molecule has 2 N–H and O–H groups in total. The standard InChI is InChI=1S/C7H9N3S/c8-7-4-3-6(9-10-7)2-1-5-11/h1-4,11H,5H2,(H2,8,10). The Balaban J connectivity index is 2.73. The second kappa shape index (κ2) is 3.98. The highest BCUT2D eigenvalue weighted by Gasteiger charge is 1.87. The largest absolute Gasteiger partial charge is 0.382 e. The molecule has 0 radical (unpaired) electrons. The van der Waals surface area contributed by atoms with Crippen molar-refractivity contribution in [3.63, 3.8) is 0 Å². The smallest absolute Gasteiger partial charge is 0.146 e. The summed E-state index contributed by atoms with van der Waals surface area (Å²) in [4.78, 5) is 0. The third kappa shape index (κ3) is 2.59. The van der Waals surface area contributed by atoms with Gasteiger partial charge in [-0.2, -0.15) is 12.6 Å². The van der Waals surface area contributed by atoms with Crippen molar-refractivity contribution in [1.82, 2.24) is 10.2 Å². The summed E-state index contributed by atoms with van der Waals surface area (Å²) in [5.74, 6) is 1.14. The summed E-state index contributed by atoms with van der Waals surface area (Å²) in [6.07, 6.45) is 3.74. The van der Waals surface area contributed by atoms with Crippen LogP contribution in [0, 0.1) is 0 Å². The van der Waals surface area contributed by atoms with Gasteiger partial charge in [-0.3, -0.25) is 0 Å². The van der Waals surface area contributed by atoms with Gasteiger partial charge in [-0.25, -0.2) is 0 Å². The minimum Gasteiger partial charge on any atom is -0.382 e. The Morgan fingerprint density at radius 2 is 2.27 bits per heavy atom. The van der Waals surface area contributed by atoms with E-state index >= 15 is 0 Å². The van der Waals surface area contributed by atoms with E-state index in [1.54, 1.807) is 6.07 Å². The molecule has 1 aromatic heterocycles. The lowest BCUT2D eigenvalue weighted by Crippen LogP contribution is -1.92. The van der Waals surface area contributed by atoms with Gasteiger partial charge in [0.2, 0.25) is 0 Å². The van der Waals surface area contributed by atoms with Gasteiger partial charge in [0.1, 0.15) is 5.82 Å². The second-order valence-electron chi connectivity index (χ2n) is 1.97. The molecule has 0 aliphatic heterocycles. The number of nitrogen functional groups attached to an aromatic ring is 1. The molecular weight excluding hydrogens is 158 g/mol. The van der Waals surface area contributed by atoms with E-state index < -0.39 is 0 Å².